The molecule has 2 amide bonds. The van der Waals surface area contributed by atoms with E-state index in [1.165, 1.54) is 0 Å². The summed E-state index contributed by atoms with van der Waals surface area (Å²) in [6.45, 7) is 2.71. The number of alkyl halides is 3. The quantitative estimate of drug-likeness (QED) is 0.905. The van der Waals surface area contributed by atoms with Gasteiger partial charge in [-0.25, -0.2) is 9.78 Å². The van der Waals surface area contributed by atoms with Gasteiger partial charge in [0.15, 0.2) is 5.69 Å². The van der Waals surface area contributed by atoms with E-state index in [1.54, 1.807) is 34.8 Å². The minimum absolute atomic E-state index is 0.0766. The monoisotopic (exact) mass is 367 g/mol. The van der Waals surface area contributed by atoms with Crippen LogP contribution in [0, 0.1) is 12.8 Å². The Morgan fingerprint density at radius 1 is 1.46 bits per heavy atom. The average molecular weight is 367 g/mol. The first-order valence-corrected chi connectivity index (χ1v) is 8.30. The van der Waals surface area contributed by atoms with Crippen LogP contribution in [-0.2, 0) is 19.1 Å². The van der Waals surface area contributed by atoms with Crippen molar-refractivity contribution in [1.82, 2.24) is 19.4 Å². The van der Waals surface area contributed by atoms with E-state index in [-0.39, 0.29) is 11.9 Å². The van der Waals surface area contributed by atoms with Gasteiger partial charge in [-0.15, -0.1) is 0 Å². The summed E-state index contributed by atoms with van der Waals surface area (Å²) in [6.07, 6.45) is -0.592. The molecule has 0 aromatic carbocycles. The second kappa shape index (κ2) is 6.97. The summed E-state index contributed by atoms with van der Waals surface area (Å²) in [5.41, 5.74) is 0.600. The first-order valence-electron chi connectivity index (χ1n) is 8.30. The molecule has 1 aliphatic rings. The Morgan fingerprint density at radius 2 is 2.23 bits per heavy atom. The van der Waals surface area contributed by atoms with Gasteiger partial charge in [0.05, 0.1) is 0 Å². The smallest absolute Gasteiger partial charge is 0.334 e. The van der Waals surface area contributed by atoms with Gasteiger partial charge in [-0.3, -0.25) is 4.98 Å². The normalized spacial score (nSPS) is 16.9. The number of carbonyl (C=O) groups excluding carboxylic acids is 1. The molecular weight excluding hydrogens is 347 g/mol. The number of rotatable bonds is 3. The third kappa shape index (κ3) is 4.14. The van der Waals surface area contributed by atoms with Crippen molar-refractivity contribution < 1.29 is 18.0 Å². The SMILES string of the molecule is Cc1cc(NC(=O)N(C)C[C@H]2CCc3nc(C(F)(F)F)cn3C2)ccn1. The van der Waals surface area contributed by atoms with Crippen molar-refractivity contribution in [2.75, 3.05) is 18.9 Å². The van der Waals surface area contributed by atoms with Crippen molar-refractivity contribution >= 4 is 11.7 Å². The number of hydrogen-bond donors (Lipinski definition) is 1. The summed E-state index contributed by atoms with van der Waals surface area (Å²) in [6, 6.07) is 3.21. The van der Waals surface area contributed by atoms with Crippen LogP contribution < -0.4 is 5.32 Å². The van der Waals surface area contributed by atoms with E-state index in [0.29, 0.717) is 37.4 Å². The molecule has 9 heteroatoms. The molecule has 0 fully saturated rings. The minimum Gasteiger partial charge on any atom is -0.334 e. The number of hydrogen-bond acceptors (Lipinski definition) is 3. The van der Waals surface area contributed by atoms with Crippen molar-refractivity contribution in [3.8, 4) is 0 Å². The molecule has 1 atom stereocenters. The van der Waals surface area contributed by atoms with Crippen molar-refractivity contribution in [3.63, 3.8) is 0 Å². The van der Waals surface area contributed by atoms with E-state index in [1.807, 2.05) is 6.92 Å². The number of pyridine rings is 1. The van der Waals surface area contributed by atoms with Crippen LogP contribution in [0.1, 0.15) is 23.6 Å². The van der Waals surface area contributed by atoms with E-state index >= 15 is 0 Å². The minimum atomic E-state index is -4.43. The van der Waals surface area contributed by atoms with Crippen LogP contribution in [0.2, 0.25) is 0 Å². The number of anilines is 1. The summed E-state index contributed by atoms with van der Waals surface area (Å²) >= 11 is 0. The Balaban J connectivity index is 1.59. The maximum atomic E-state index is 12.8. The molecule has 0 bridgehead atoms. The fourth-order valence-electron chi connectivity index (χ4n) is 3.11. The van der Waals surface area contributed by atoms with Crippen molar-refractivity contribution in [1.29, 1.82) is 0 Å². The molecule has 140 valence electrons. The first-order chi connectivity index (χ1) is 12.2. The number of amides is 2. The van der Waals surface area contributed by atoms with Crippen LogP contribution in [0.4, 0.5) is 23.7 Å². The summed E-state index contributed by atoms with van der Waals surface area (Å²) in [7, 11) is 1.67. The third-order valence-electron chi connectivity index (χ3n) is 4.41. The van der Waals surface area contributed by atoms with Crippen LogP contribution in [-0.4, -0.2) is 39.1 Å². The Bertz CT molecular complexity index is 802. The molecule has 1 N–H and O–H groups in total. The highest BCUT2D eigenvalue weighted by Gasteiger charge is 2.36. The zero-order chi connectivity index (χ0) is 18.9. The Morgan fingerprint density at radius 3 is 2.92 bits per heavy atom. The van der Waals surface area contributed by atoms with Crippen molar-refractivity contribution in [3.05, 3.63) is 41.7 Å². The number of halogens is 3. The number of urea groups is 1. The van der Waals surface area contributed by atoms with Gasteiger partial charge in [-0.2, -0.15) is 13.2 Å². The molecule has 0 saturated carbocycles. The van der Waals surface area contributed by atoms with Gasteiger partial charge in [0.1, 0.15) is 5.82 Å². The first kappa shape index (κ1) is 18.2. The maximum Gasteiger partial charge on any atom is 0.434 e. The van der Waals surface area contributed by atoms with E-state index in [4.69, 9.17) is 0 Å². The molecule has 6 nitrogen and oxygen atoms in total. The second-order valence-corrected chi connectivity index (χ2v) is 6.59. The van der Waals surface area contributed by atoms with E-state index < -0.39 is 11.9 Å². The molecule has 0 radical (unpaired) electrons. The molecule has 0 saturated heterocycles. The van der Waals surface area contributed by atoms with E-state index in [9.17, 15) is 18.0 Å². The lowest BCUT2D eigenvalue weighted by molar-refractivity contribution is -0.141. The predicted octanol–water partition coefficient (Wildman–Crippen LogP) is 3.33. The van der Waals surface area contributed by atoms with Gasteiger partial charge in [0.2, 0.25) is 0 Å². The summed E-state index contributed by atoms with van der Waals surface area (Å²) < 4.78 is 39.9. The van der Waals surface area contributed by atoms with Crippen LogP contribution >= 0.6 is 0 Å². The van der Waals surface area contributed by atoms with Crippen LogP contribution in [0.3, 0.4) is 0 Å². The van der Waals surface area contributed by atoms with Crippen LogP contribution in [0.5, 0.6) is 0 Å². The molecule has 3 heterocycles. The zero-order valence-electron chi connectivity index (χ0n) is 14.5. The lowest BCUT2D eigenvalue weighted by Crippen LogP contribution is -2.37. The number of nitrogens with one attached hydrogen (secondary N) is 1. The fraction of sp³-hybridized carbons (Fsp3) is 0.471. The fourth-order valence-corrected chi connectivity index (χ4v) is 3.11. The molecular formula is C17H20F3N5O. The lowest BCUT2D eigenvalue weighted by atomic mass is 9.99. The molecule has 2 aromatic heterocycles. The van der Waals surface area contributed by atoms with Crippen molar-refractivity contribution in [2.45, 2.75) is 32.5 Å². The van der Waals surface area contributed by atoms with Crippen LogP contribution in [0.15, 0.2) is 24.5 Å². The highest BCUT2D eigenvalue weighted by Crippen LogP contribution is 2.30. The standard InChI is InChI=1S/C17H20F3N5O/c1-11-7-13(5-6-21-11)22-16(26)24(2)8-12-3-4-15-23-14(17(18,19)20)10-25(15)9-12/h5-7,10,12H,3-4,8-9H2,1-2H3,(H,21,22,26)/t12-/m1/s1. The molecule has 0 unspecified atom stereocenters. The molecule has 0 spiro atoms. The van der Waals surface area contributed by atoms with Crippen molar-refractivity contribution in [2.24, 2.45) is 5.92 Å². The summed E-state index contributed by atoms with van der Waals surface area (Å²) in [4.78, 5) is 21.6. The topological polar surface area (TPSA) is 63.1 Å². The maximum absolute atomic E-state index is 12.8. The second-order valence-electron chi connectivity index (χ2n) is 6.59. The van der Waals surface area contributed by atoms with E-state index in [2.05, 4.69) is 15.3 Å². The molecule has 3 rings (SSSR count). The molecule has 2 aromatic rings. The lowest BCUT2D eigenvalue weighted by Gasteiger charge is -2.28. The number of aromatic nitrogens is 3. The number of aryl methyl sites for hydroxylation is 2. The Hall–Kier alpha value is -2.58. The average Bonchev–Trinajstić information content (AvgIpc) is 2.98. The predicted molar refractivity (Wildman–Crippen MR) is 89.7 cm³/mol. The number of fused-ring (bicyclic) bond motifs is 1. The van der Waals surface area contributed by atoms with Gasteiger partial charge in [-0.05, 0) is 31.4 Å². The Labute approximate surface area is 149 Å². The number of nitrogens with zero attached hydrogens (tertiary/aromatic N) is 4. The zero-order valence-corrected chi connectivity index (χ0v) is 14.5. The van der Waals surface area contributed by atoms with E-state index in [0.717, 1.165) is 11.9 Å². The van der Waals surface area contributed by atoms with Gasteiger partial charge in [0.25, 0.3) is 0 Å². The number of carbonyl (C=O) groups is 1. The summed E-state index contributed by atoms with van der Waals surface area (Å²) in [5.74, 6) is 0.528. The van der Waals surface area contributed by atoms with Gasteiger partial charge in [-0.1, -0.05) is 0 Å². The molecule has 0 aliphatic carbocycles. The van der Waals surface area contributed by atoms with Crippen LogP contribution in [0.25, 0.3) is 0 Å². The molecule has 1 aliphatic heterocycles. The van der Waals surface area contributed by atoms with Gasteiger partial charge in [0, 0.05) is 50.3 Å². The van der Waals surface area contributed by atoms with Gasteiger partial charge >= 0.3 is 12.2 Å². The third-order valence-corrected chi connectivity index (χ3v) is 4.41. The Kier molecular flexibility index (Phi) is 4.88. The van der Waals surface area contributed by atoms with Gasteiger partial charge < -0.3 is 14.8 Å². The highest BCUT2D eigenvalue weighted by atomic mass is 19.4. The number of imidazole rings is 1. The summed E-state index contributed by atoms with van der Waals surface area (Å²) in [5, 5.41) is 2.79. The molecule has 26 heavy (non-hydrogen) atoms. The largest absolute Gasteiger partial charge is 0.434 e. The highest BCUT2D eigenvalue weighted by molar-refractivity contribution is 5.89.